The van der Waals surface area contributed by atoms with E-state index >= 15 is 0 Å². The van der Waals surface area contributed by atoms with E-state index in [1.807, 2.05) is 18.2 Å². The van der Waals surface area contributed by atoms with Crippen LogP contribution in [0.5, 0.6) is 0 Å². The average molecular weight is 201 g/mol. The second kappa shape index (κ2) is 2.70. The Morgan fingerprint density at radius 3 is 2.93 bits per heavy atom. The maximum atomic E-state index is 11.5. The van der Waals surface area contributed by atoms with Gasteiger partial charge in [0.1, 0.15) is 5.58 Å². The fourth-order valence-corrected chi connectivity index (χ4v) is 1.73. The van der Waals surface area contributed by atoms with Crippen molar-refractivity contribution in [1.82, 2.24) is 5.16 Å². The number of aromatic nitrogens is 1. The van der Waals surface area contributed by atoms with Crippen molar-refractivity contribution in [3.8, 4) is 0 Å². The van der Waals surface area contributed by atoms with Crippen molar-refractivity contribution in [1.29, 1.82) is 0 Å². The van der Waals surface area contributed by atoms with E-state index in [1.54, 1.807) is 13.0 Å². The van der Waals surface area contributed by atoms with Crippen LogP contribution in [-0.2, 0) is 0 Å². The molecular formula is C11H7NO3. The highest BCUT2D eigenvalue weighted by molar-refractivity contribution is 6.03. The second-order valence-corrected chi connectivity index (χ2v) is 3.36. The Labute approximate surface area is 84.1 Å². The Hall–Kier alpha value is -2.10. The second-order valence-electron chi connectivity index (χ2n) is 3.36. The maximum absolute atomic E-state index is 11.5. The highest BCUT2D eigenvalue weighted by atomic mass is 16.5. The Morgan fingerprint density at radius 2 is 2.07 bits per heavy atom. The zero-order valence-corrected chi connectivity index (χ0v) is 7.98. The van der Waals surface area contributed by atoms with Crippen molar-refractivity contribution in [3.63, 3.8) is 0 Å². The lowest BCUT2D eigenvalue weighted by molar-refractivity contribution is 0.434. The summed E-state index contributed by atoms with van der Waals surface area (Å²) in [6.07, 6.45) is 0. The molecule has 0 N–H and O–H groups in total. The predicted molar refractivity (Wildman–Crippen MR) is 54.8 cm³/mol. The molecule has 2 heterocycles. The highest BCUT2D eigenvalue weighted by Crippen LogP contribution is 2.24. The third-order valence-corrected chi connectivity index (χ3v) is 2.41. The van der Waals surface area contributed by atoms with Gasteiger partial charge in [0.2, 0.25) is 0 Å². The average Bonchev–Trinajstić information content (AvgIpc) is 2.62. The summed E-state index contributed by atoms with van der Waals surface area (Å²) in [6.45, 7) is 1.80. The number of aryl methyl sites for hydroxylation is 1. The molecule has 0 aliphatic carbocycles. The molecule has 4 heteroatoms. The predicted octanol–water partition coefficient (Wildman–Crippen LogP) is 2.24. The molecule has 0 aliphatic rings. The lowest BCUT2D eigenvalue weighted by atomic mass is 10.1. The Morgan fingerprint density at radius 1 is 1.27 bits per heavy atom. The van der Waals surface area contributed by atoms with Crippen LogP contribution in [0.3, 0.4) is 0 Å². The molecule has 15 heavy (non-hydrogen) atoms. The molecule has 74 valence electrons. The number of hydrogen-bond donors (Lipinski definition) is 0. The van der Waals surface area contributed by atoms with E-state index in [9.17, 15) is 4.79 Å². The van der Waals surface area contributed by atoms with Gasteiger partial charge in [-0.05, 0) is 13.0 Å². The molecule has 0 atom stereocenters. The summed E-state index contributed by atoms with van der Waals surface area (Å²) >= 11 is 0. The first kappa shape index (κ1) is 8.23. The van der Waals surface area contributed by atoms with E-state index in [1.165, 1.54) is 0 Å². The van der Waals surface area contributed by atoms with Crippen molar-refractivity contribution in [2.75, 3.05) is 0 Å². The molecule has 0 saturated carbocycles. The van der Waals surface area contributed by atoms with Gasteiger partial charge in [0.05, 0.1) is 11.1 Å². The minimum atomic E-state index is -0.482. The quantitative estimate of drug-likeness (QED) is 0.523. The lowest BCUT2D eigenvalue weighted by Crippen LogP contribution is -1.97. The van der Waals surface area contributed by atoms with Crippen LogP contribution in [-0.4, -0.2) is 5.16 Å². The first-order valence-electron chi connectivity index (χ1n) is 4.55. The van der Waals surface area contributed by atoms with Gasteiger partial charge in [-0.1, -0.05) is 23.4 Å². The molecule has 3 rings (SSSR count). The number of benzene rings is 1. The fraction of sp³-hybridized carbons (Fsp3) is 0.0909. The maximum Gasteiger partial charge on any atom is 0.383 e. The number of hydrogen-bond acceptors (Lipinski definition) is 4. The van der Waals surface area contributed by atoms with E-state index in [4.69, 9.17) is 8.94 Å². The Kier molecular flexibility index (Phi) is 1.48. The van der Waals surface area contributed by atoms with E-state index in [0.29, 0.717) is 11.3 Å². The van der Waals surface area contributed by atoms with Crippen molar-refractivity contribution < 1.29 is 8.94 Å². The fourth-order valence-electron chi connectivity index (χ4n) is 1.73. The topological polar surface area (TPSA) is 56.2 Å². The van der Waals surface area contributed by atoms with Gasteiger partial charge in [-0.25, -0.2) is 4.79 Å². The number of fused-ring (bicyclic) bond motifs is 3. The van der Waals surface area contributed by atoms with Gasteiger partial charge in [-0.3, -0.25) is 0 Å². The first-order chi connectivity index (χ1) is 7.27. The number of nitrogens with zero attached hydrogens (tertiary/aromatic N) is 1. The molecule has 0 fully saturated rings. The van der Waals surface area contributed by atoms with Crippen LogP contribution >= 0.6 is 0 Å². The van der Waals surface area contributed by atoms with Crippen molar-refractivity contribution in [2.45, 2.75) is 6.92 Å². The summed E-state index contributed by atoms with van der Waals surface area (Å²) in [6, 6.07) is 7.33. The van der Waals surface area contributed by atoms with Crippen LogP contribution < -0.4 is 5.63 Å². The van der Waals surface area contributed by atoms with E-state index in [0.717, 1.165) is 10.8 Å². The standard InChI is InChI=1S/C11H7NO3/c1-6-9-7-4-2-3-5-8(7)14-11(13)10(9)15-12-6/h2-5H,1H3. The van der Waals surface area contributed by atoms with Gasteiger partial charge in [0.15, 0.2) is 0 Å². The summed E-state index contributed by atoms with van der Waals surface area (Å²) in [5.74, 6) is 0. The molecular weight excluding hydrogens is 194 g/mol. The summed E-state index contributed by atoms with van der Waals surface area (Å²) in [4.78, 5) is 11.5. The van der Waals surface area contributed by atoms with Crippen molar-refractivity contribution in [2.24, 2.45) is 0 Å². The van der Waals surface area contributed by atoms with Crippen LogP contribution in [0.25, 0.3) is 21.9 Å². The summed E-state index contributed by atoms with van der Waals surface area (Å²) in [5.41, 5.74) is 0.964. The molecule has 4 nitrogen and oxygen atoms in total. The molecule has 1 aromatic carbocycles. The SMILES string of the molecule is Cc1noc2c(=O)oc3ccccc3c12. The number of rotatable bonds is 0. The van der Waals surface area contributed by atoms with E-state index in [2.05, 4.69) is 5.16 Å². The Bertz CT molecular complexity index is 708. The van der Waals surface area contributed by atoms with Gasteiger partial charge in [0.25, 0.3) is 5.58 Å². The molecule has 3 aromatic rings. The normalized spacial score (nSPS) is 11.3. The van der Waals surface area contributed by atoms with Gasteiger partial charge in [-0.2, -0.15) is 0 Å². The monoisotopic (exact) mass is 201 g/mol. The molecule has 0 saturated heterocycles. The van der Waals surface area contributed by atoms with Crippen LogP contribution in [0, 0.1) is 6.92 Å². The zero-order valence-electron chi connectivity index (χ0n) is 7.98. The highest BCUT2D eigenvalue weighted by Gasteiger charge is 2.13. The molecule has 0 bridgehead atoms. The summed E-state index contributed by atoms with van der Waals surface area (Å²) in [5, 5.41) is 5.36. The van der Waals surface area contributed by atoms with Gasteiger partial charge in [0, 0.05) is 5.39 Å². The largest absolute Gasteiger partial charge is 0.420 e. The van der Waals surface area contributed by atoms with E-state index in [-0.39, 0.29) is 5.58 Å². The van der Waals surface area contributed by atoms with Crippen LogP contribution in [0.15, 0.2) is 38.0 Å². The van der Waals surface area contributed by atoms with E-state index < -0.39 is 5.63 Å². The molecule has 0 aliphatic heterocycles. The third-order valence-electron chi connectivity index (χ3n) is 2.41. The molecule has 0 spiro atoms. The molecule has 0 unspecified atom stereocenters. The van der Waals surface area contributed by atoms with Crippen LogP contribution in [0.2, 0.25) is 0 Å². The minimum absolute atomic E-state index is 0.186. The summed E-state index contributed by atoms with van der Waals surface area (Å²) in [7, 11) is 0. The first-order valence-corrected chi connectivity index (χ1v) is 4.55. The Balaban J connectivity index is 2.74. The smallest absolute Gasteiger partial charge is 0.383 e. The van der Waals surface area contributed by atoms with Crippen LogP contribution in [0.4, 0.5) is 0 Å². The summed E-state index contributed by atoms with van der Waals surface area (Å²) < 4.78 is 10.0. The number of para-hydroxylation sites is 1. The molecule has 0 amide bonds. The zero-order chi connectivity index (χ0) is 10.4. The molecule has 2 aromatic heterocycles. The van der Waals surface area contributed by atoms with Gasteiger partial charge < -0.3 is 8.94 Å². The van der Waals surface area contributed by atoms with Crippen LogP contribution in [0.1, 0.15) is 5.69 Å². The minimum Gasteiger partial charge on any atom is -0.420 e. The third kappa shape index (κ3) is 1.01. The lowest BCUT2D eigenvalue weighted by Gasteiger charge is -1.95. The van der Waals surface area contributed by atoms with Gasteiger partial charge >= 0.3 is 5.63 Å². The van der Waals surface area contributed by atoms with Crippen molar-refractivity contribution >= 4 is 21.9 Å². The van der Waals surface area contributed by atoms with Gasteiger partial charge in [-0.15, -0.1) is 0 Å². The molecule has 0 radical (unpaired) electrons. The van der Waals surface area contributed by atoms with Crippen molar-refractivity contribution in [3.05, 3.63) is 40.4 Å².